The van der Waals surface area contributed by atoms with Crippen molar-refractivity contribution in [3.05, 3.63) is 65.7 Å². The molecule has 70 valence electrons. The fourth-order valence-corrected chi connectivity index (χ4v) is 1.53. The Balaban J connectivity index is 2.19. The van der Waals surface area contributed by atoms with Crippen LogP contribution in [0.2, 0.25) is 0 Å². The second-order valence-electron chi connectivity index (χ2n) is 3.41. The smallest absolute Gasteiger partial charge is 0.0316 e. The molecule has 2 N–H and O–H groups in total. The number of hydrogen-bond acceptors (Lipinski definition) is 1. The Hall–Kier alpha value is -1.76. The van der Waals surface area contributed by atoms with Crippen LogP contribution in [0.4, 0.5) is 5.69 Å². The topological polar surface area (TPSA) is 26.0 Å². The molecular weight excluding hydrogens is 170 g/mol. The van der Waals surface area contributed by atoms with Crippen LogP contribution in [0.5, 0.6) is 0 Å². The van der Waals surface area contributed by atoms with Crippen LogP contribution in [-0.2, 0) is 6.42 Å². The molecule has 2 rings (SSSR count). The molecule has 0 aliphatic heterocycles. The highest BCUT2D eigenvalue weighted by atomic mass is 14.5. The molecule has 0 unspecified atom stereocenters. The van der Waals surface area contributed by atoms with E-state index in [1.165, 1.54) is 11.1 Å². The lowest BCUT2D eigenvalue weighted by molar-refractivity contribution is 1.19. The maximum Gasteiger partial charge on any atom is 0.0316 e. The molecule has 0 fully saturated rings. The summed E-state index contributed by atoms with van der Waals surface area (Å²) >= 11 is 0. The third-order valence-electron chi connectivity index (χ3n) is 2.20. The number of hydrogen-bond donors (Lipinski definition) is 1. The van der Waals surface area contributed by atoms with Crippen molar-refractivity contribution in [2.75, 3.05) is 5.73 Å². The van der Waals surface area contributed by atoms with E-state index in [1.54, 1.807) is 0 Å². The summed E-state index contributed by atoms with van der Waals surface area (Å²) in [4.78, 5) is 0. The summed E-state index contributed by atoms with van der Waals surface area (Å²) in [6.07, 6.45) is 0.950. The summed E-state index contributed by atoms with van der Waals surface area (Å²) < 4.78 is 0. The van der Waals surface area contributed by atoms with Gasteiger partial charge in [0.15, 0.2) is 0 Å². The van der Waals surface area contributed by atoms with E-state index < -0.39 is 0 Å². The predicted octanol–water partition coefficient (Wildman–Crippen LogP) is 2.86. The minimum absolute atomic E-state index is 0.832. The van der Waals surface area contributed by atoms with Gasteiger partial charge in [0, 0.05) is 5.69 Å². The number of rotatable bonds is 2. The van der Waals surface area contributed by atoms with Crippen LogP contribution in [0.1, 0.15) is 11.1 Å². The zero-order valence-electron chi connectivity index (χ0n) is 7.98. The molecule has 1 heteroatoms. The molecule has 0 heterocycles. The highest BCUT2D eigenvalue weighted by molar-refractivity contribution is 5.42. The zero-order valence-corrected chi connectivity index (χ0v) is 7.98. The summed E-state index contributed by atoms with van der Waals surface area (Å²) in [5.41, 5.74) is 9.12. The zero-order chi connectivity index (χ0) is 9.80. The summed E-state index contributed by atoms with van der Waals surface area (Å²) in [6.45, 7) is 0. The number of anilines is 1. The van der Waals surface area contributed by atoms with Crippen LogP contribution in [0.25, 0.3) is 0 Å². The maximum atomic E-state index is 5.71. The van der Waals surface area contributed by atoms with E-state index in [0.717, 1.165) is 12.1 Å². The van der Waals surface area contributed by atoms with E-state index in [0.29, 0.717) is 0 Å². The molecule has 0 radical (unpaired) electrons. The van der Waals surface area contributed by atoms with Crippen molar-refractivity contribution in [1.82, 2.24) is 0 Å². The third-order valence-corrected chi connectivity index (χ3v) is 2.20. The predicted molar refractivity (Wildman–Crippen MR) is 60.1 cm³/mol. The summed E-state index contributed by atoms with van der Waals surface area (Å²) in [5.74, 6) is 0. The van der Waals surface area contributed by atoms with E-state index in [4.69, 9.17) is 5.73 Å². The minimum atomic E-state index is 0.832. The molecule has 0 amide bonds. The third kappa shape index (κ3) is 2.13. The highest BCUT2D eigenvalue weighted by Gasteiger charge is 1.95. The van der Waals surface area contributed by atoms with Gasteiger partial charge in [-0.15, -0.1) is 0 Å². The first-order valence-electron chi connectivity index (χ1n) is 4.73. The van der Waals surface area contributed by atoms with Crippen molar-refractivity contribution in [3.63, 3.8) is 0 Å². The molecule has 2 aromatic carbocycles. The molecule has 14 heavy (non-hydrogen) atoms. The molecule has 1 nitrogen and oxygen atoms in total. The Morgan fingerprint density at radius 3 is 2.21 bits per heavy atom. The average molecular weight is 183 g/mol. The normalized spacial score (nSPS) is 10.0. The van der Waals surface area contributed by atoms with Crippen molar-refractivity contribution < 1.29 is 0 Å². The number of benzene rings is 2. The lowest BCUT2D eigenvalue weighted by Gasteiger charge is -2.02. The average Bonchev–Trinajstić information content (AvgIpc) is 2.19. The molecule has 0 aliphatic carbocycles. The fraction of sp³-hybridized carbons (Fsp3) is 0.0769. The summed E-state index contributed by atoms with van der Waals surface area (Å²) in [7, 11) is 0. The largest absolute Gasteiger partial charge is 0.399 e. The van der Waals surface area contributed by atoms with Crippen molar-refractivity contribution in [2.24, 2.45) is 0 Å². The number of nitrogens with two attached hydrogens (primary N) is 1. The van der Waals surface area contributed by atoms with Gasteiger partial charge in [-0.25, -0.2) is 0 Å². The van der Waals surface area contributed by atoms with Crippen LogP contribution in [0.3, 0.4) is 0 Å². The first-order valence-corrected chi connectivity index (χ1v) is 4.73. The fourth-order valence-electron chi connectivity index (χ4n) is 1.53. The molecule has 0 saturated heterocycles. The SMILES string of the molecule is Nc1cccc(Cc2ccccc2)c1. The highest BCUT2D eigenvalue weighted by Crippen LogP contribution is 2.11. The molecule has 0 spiro atoms. The van der Waals surface area contributed by atoms with Crippen LogP contribution in [0, 0.1) is 0 Å². The van der Waals surface area contributed by atoms with E-state index in [2.05, 4.69) is 30.3 Å². The number of nitrogen functional groups attached to an aromatic ring is 1. The molecule has 0 aliphatic rings. The van der Waals surface area contributed by atoms with Gasteiger partial charge in [0.1, 0.15) is 0 Å². The van der Waals surface area contributed by atoms with Gasteiger partial charge < -0.3 is 5.73 Å². The minimum Gasteiger partial charge on any atom is -0.399 e. The molecular formula is C13H13N. The van der Waals surface area contributed by atoms with Gasteiger partial charge in [-0.05, 0) is 29.7 Å². The van der Waals surface area contributed by atoms with Crippen LogP contribution in [0.15, 0.2) is 54.6 Å². The van der Waals surface area contributed by atoms with Gasteiger partial charge in [0.2, 0.25) is 0 Å². The van der Waals surface area contributed by atoms with E-state index >= 15 is 0 Å². The second kappa shape index (κ2) is 3.97. The van der Waals surface area contributed by atoms with Crippen LogP contribution in [-0.4, -0.2) is 0 Å². The lowest BCUT2D eigenvalue weighted by atomic mass is 10.0. The Morgan fingerprint density at radius 1 is 0.786 bits per heavy atom. The molecule has 0 bridgehead atoms. The van der Waals surface area contributed by atoms with Gasteiger partial charge in [-0.1, -0.05) is 42.5 Å². The van der Waals surface area contributed by atoms with E-state index in [1.807, 2.05) is 24.3 Å². The van der Waals surface area contributed by atoms with Crippen molar-refractivity contribution in [3.8, 4) is 0 Å². The molecule has 2 aromatic rings. The Labute approximate surface area is 84.2 Å². The Morgan fingerprint density at radius 2 is 1.50 bits per heavy atom. The van der Waals surface area contributed by atoms with Gasteiger partial charge in [-0.2, -0.15) is 0 Å². The Kier molecular flexibility index (Phi) is 2.50. The summed E-state index contributed by atoms with van der Waals surface area (Å²) in [6, 6.07) is 18.4. The van der Waals surface area contributed by atoms with Gasteiger partial charge in [0.25, 0.3) is 0 Å². The van der Waals surface area contributed by atoms with Gasteiger partial charge in [-0.3, -0.25) is 0 Å². The standard InChI is InChI=1S/C13H13N/c14-13-8-4-7-12(10-13)9-11-5-2-1-3-6-11/h1-8,10H,9,14H2. The first-order chi connectivity index (χ1) is 6.84. The molecule has 0 saturated carbocycles. The maximum absolute atomic E-state index is 5.71. The van der Waals surface area contributed by atoms with Crippen LogP contribution < -0.4 is 5.73 Å². The lowest BCUT2D eigenvalue weighted by Crippen LogP contribution is -1.90. The summed E-state index contributed by atoms with van der Waals surface area (Å²) in [5, 5.41) is 0. The van der Waals surface area contributed by atoms with Gasteiger partial charge in [0.05, 0.1) is 0 Å². The van der Waals surface area contributed by atoms with Crippen molar-refractivity contribution in [2.45, 2.75) is 6.42 Å². The second-order valence-corrected chi connectivity index (χ2v) is 3.41. The van der Waals surface area contributed by atoms with Crippen molar-refractivity contribution in [1.29, 1.82) is 0 Å². The van der Waals surface area contributed by atoms with Gasteiger partial charge >= 0.3 is 0 Å². The first kappa shape index (κ1) is 8.82. The Bertz CT molecular complexity index is 407. The monoisotopic (exact) mass is 183 g/mol. The van der Waals surface area contributed by atoms with Crippen molar-refractivity contribution >= 4 is 5.69 Å². The van der Waals surface area contributed by atoms with E-state index in [9.17, 15) is 0 Å². The van der Waals surface area contributed by atoms with E-state index in [-0.39, 0.29) is 0 Å². The van der Waals surface area contributed by atoms with Crippen LogP contribution >= 0.6 is 0 Å². The quantitative estimate of drug-likeness (QED) is 0.712. The molecule has 0 aromatic heterocycles. The molecule has 0 atom stereocenters.